The number of amides is 1. The van der Waals surface area contributed by atoms with Crippen molar-refractivity contribution in [3.63, 3.8) is 0 Å². The van der Waals surface area contributed by atoms with Gasteiger partial charge in [0.25, 0.3) is 5.91 Å². The Kier molecular flexibility index (Phi) is 3.16. The smallest absolute Gasteiger partial charge is 0.293 e. The van der Waals surface area contributed by atoms with E-state index < -0.39 is 11.0 Å². The highest BCUT2D eigenvalue weighted by Crippen LogP contribution is 2.27. The summed E-state index contributed by atoms with van der Waals surface area (Å²) in [4.78, 5) is 24.4. The van der Waals surface area contributed by atoms with E-state index >= 15 is 0 Å². The van der Waals surface area contributed by atoms with E-state index in [1.165, 1.54) is 10.9 Å². The van der Waals surface area contributed by atoms with Crippen LogP contribution >= 0.6 is 0 Å². The number of aromatic nitrogens is 4. The first-order chi connectivity index (χ1) is 10.1. The standard InChI is InChI=1S/C12H14N6O3/c1-15-6-4-11(14-15)16-5-2-3-10(12(16)19)17-8-9(7-13-17)18(20)21/h4,6-8,10H,2-3,5H2,1H3/t10-/m0/s1. The molecule has 9 heteroatoms. The fourth-order valence-electron chi connectivity index (χ4n) is 2.47. The molecule has 1 saturated heterocycles. The largest absolute Gasteiger partial charge is 0.307 e. The Labute approximate surface area is 119 Å². The maximum atomic E-state index is 12.6. The molecule has 21 heavy (non-hydrogen) atoms. The molecule has 2 aromatic rings. The van der Waals surface area contributed by atoms with Crippen LogP contribution in [0.5, 0.6) is 0 Å². The molecule has 0 spiro atoms. The average Bonchev–Trinajstić information content (AvgIpc) is 3.08. The zero-order valence-corrected chi connectivity index (χ0v) is 11.4. The highest BCUT2D eigenvalue weighted by atomic mass is 16.6. The Morgan fingerprint density at radius 1 is 1.48 bits per heavy atom. The van der Waals surface area contributed by atoms with Crippen LogP contribution < -0.4 is 4.90 Å². The molecule has 1 aliphatic rings. The highest BCUT2D eigenvalue weighted by Gasteiger charge is 2.33. The number of piperidine rings is 1. The molecule has 0 aliphatic carbocycles. The van der Waals surface area contributed by atoms with Crippen LogP contribution in [0.25, 0.3) is 0 Å². The van der Waals surface area contributed by atoms with Gasteiger partial charge in [0.2, 0.25) is 0 Å². The van der Waals surface area contributed by atoms with E-state index in [1.54, 1.807) is 28.9 Å². The topological polar surface area (TPSA) is 99.1 Å². The van der Waals surface area contributed by atoms with Crippen molar-refractivity contribution < 1.29 is 9.72 Å². The molecule has 0 N–H and O–H groups in total. The van der Waals surface area contributed by atoms with Gasteiger partial charge in [0, 0.05) is 25.9 Å². The second-order valence-electron chi connectivity index (χ2n) is 4.93. The van der Waals surface area contributed by atoms with Crippen LogP contribution in [-0.2, 0) is 11.8 Å². The van der Waals surface area contributed by atoms with Gasteiger partial charge in [0.05, 0.1) is 4.92 Å². The van der Waals surface area contributed by atoms with Crippen LogP contribution in [0.4, 0.5) is 11.5 Å². The summed E-state index contributed by atoms with van der Waals surface area (Å²) < 4.78 is 3.00. The molecular formula is C12H14N6O3. The lowest BCUT2D eigenvalue weighted by atomic mass is 10.1. The molecule has 0 radical (unpaired) electrons. The average molecular weight is 290 g/mol. The lowest BCUT2D eigenvalue weighted by molar-refractivity contribution is -0.385. The van der Waals surface area contributed by atoms with E-state index in [9.17, 15) is 14.9 Å². The van der Waals surface area contributed by atoms with Crippen molar-refractivity contribution in [2.24, 2.45) is 7.05 Å². The minimum atomic E-state index is -0.521. The summed E-state index contributed by atoms with van der Waals surface area (Å²) in [7, 11) is 1.78. The molecule has 1 atom stereocenters. The fraction of sp³-hybridized carbons (Fsp3) is 0.417. The number of nitrogens with zero attached hydrogens (tertiary/aromatic N) is 6. The third kappa shape index (κ3) is 2.37. The van der Waals surface area contributed by atoms with Gasteiger partial charge >= 0.3 is 5.69 Å². The number of carbonyl (C=O) groups is 1. The number of aryl methyl sites for hydroxylation is 1. The predicted octanol–water partition coefficient (Wildman–Crippen LogP) is 0.893. The van der Waals surface area contributed by atoms with E-state index in [2.05, 4.69) is 10.2 Å². The monoisotopic (exact) mass is 290 g/mol. The van der Waals surface area contributed by atoms with Crippen LogP contribution in [-0.4, -0.2) is 36.9 Å². The highest BCUT2D eigenvalue weighted by molar-refractivity contribution is 5.95. The fourth-order valence-corrected chi connectivity index (χ4v) is 2.47. The van der Waals surface area contributed by atoms with Gasteiger partial charge in [-0.15, -0.1) is 0 Å². The Morgan fingerprint density at radius 2 is 2.29 bits per heavy atom. The molecule has 0 aromatic carbocycles. The van der Waals surface area contributed by atoms with Crippen LogP contribution in [0.3, 0.4) is 0 Å². The summed E-state index contributed by atoms with van der Waals surface area (Å²) in [6.07, 6.45) is 5.63. The second-order valence-corrected chi connectivity index (χ2v) is 4.93. The number of carbonyl (C=O) groups excluding carboxylic acids is 1. The number of nitro groups is 1. The zero-order chi connectivity index (χ0) is 15.0. The van der Waals surface area contributed by atoms with Crippen LogP contribution in [0.2, 0.25) is 0 Å². The maximum Gasteiger partial charge on any atom is 0.307 e. The molecule has 0 saturated carbocycles. The molecule has 9 nitrogen and oxygen atoms in total. The van der Waals surface area contributed by atoms with E-state index in [1.807, 2.05) is 0 Å². The Balaban J connectivity index is 1.86. The van der Waals surface area contributed by atoms with Crippen molar-refractivity contribution in [2.45, 2.75) is 18.9 Å². The van der Waals surface area contributed by atoms with E-state index in [0.29, 0.717) is 18.8 Å². The first-order valence-corrected chi connectivity index (χ1v) is 6.56. The van der Waals surface area contributed by atoms with Gasteiger partial charge in [-0.05, 0) is 12.8 Å². The minimum Gasteiger partial charge on any atom is -0.293 e. The quantitative estimate of drug-likeness (QED) is 0.617. The molecule has 110 valence electrons. The molecule has 1 amide bonds. The Hall–Kier alpha value is -2.71. The molecule has 0 bridgehead atoms. The first kappa shape index (κ1) is 13.3. The molecular weight excluding hydrogens is 276 g/mol. The molecule has 1 aliphatic heterocycles. The Bertz CT molecular complexity index is 691. The predicted molar refractivity (Wildman–Crippen MR) is 72.7 cm³/mol. The van der Waals surface area contributed by atoms with Crippen molar-refractivity contribution in [3.05, 3.63) is 34.8 Å². The van der Waals surface area contributed by atoms with Crippen molar-refractivity contribution in [2.75, 3.05) is 11.4 Å². The SMILES string of the molecule is Cn1ccc(N2CCC[C@H](n3cc([N+](=O)[O-])cn3)C2=O)n1. The minimum absolute atomic E-state index is 0.113. The number of hydrogen-bond donors (Lipinski definition) is 0. The van der Waals surface area contributed by atoms with E-state index in [0.717, 1.165) is 12.6 Å². The van der Waals surface area contributed by atoms with Crippen molar-refractivity contribution in [1.29, 1.82) is 0 Å². The van der Waals surface area contributed by atoms with Crippen LogP contribution in [0.1, 0.15) is 18.9 Å². The second kappa shape index (κ2) is 5.00. The van der Waals surface area contributed by atoms with Gasteiger partial charge in [-0.3, -0.25) is 29.2 Å². The molecule has 3 rings (SSSR count). The van der Waals surface area contributed by atoms with Gasteiger partial charge in [0.1, 0.15) is 18.4 Å². The van der Waals surface area contributed by atoms with Gasteiger partial charge in [0.15, 0.2) is 5.82 Å². The molecule has 0 unspecified atom stereocenters. The van der Waals surface area contributed by atoms with E-state index in [-0.39, 0.29) is 11.6 Å². The third-order valence-corrected chi connectivity index (χ3v) is 3.50. The lowest BCUT2D eigenvalue weighted by Gasteiger charge is -2.30. The Morgan fingerprint density at radius 3 is 2.90 bits per heavy atom. The number of rotatable bonds is 3. The first-order valence-electron chi connectivity index (χ1n) is 6.56. The summed E-state index contributed by atoms with van der Waals surface area (Å²) in [5.74, 6) is 0.451. The van der Waals surface area contributed by atoms with Crippen LogP contribution in [0.15, 0.2) is 24.7 Å². The lowest BCUT2D eigenvalue weighted by Crippen LogP contribution is -2.42. The van der Waals surface area contributed by atoms with Gasteiger partial charge in [-0.2, -0.15) is 10.2 Å². The van der Waals surface area contributed by atoms with Crippen LogP contribution in [0, 0.1) is 10.1 Å². The van der Waals surface area contributed by atoms with E-state index in [4.69, 9.17) is 0 Å². The number of hydrogen-bond acceptors (Lipinski definition) is 5. The molecule has 1 fully saturated rings. The summed E-state index contributed by atoms with van der Waals surface area (Å²) in [5, 5.41) is 18.9. The summed E-state index contributed by atoms with van der Waals surface area (Å²) in [6, 6.07) is 1.25. The molecule has 3 heterocycles. The number of anilines is 1. The van der Waals surface area contributed by atoms with Gasteiger partial charge in [-0.25, -0.2) is 0 Å². The van der Waals surface area contributed by atoms with Gasteiger partial charge in [-0.1, -0.05) is 0 Å². The maximum absolute atomic E-state index is 12.6. The summed E-state index contributed by atoms with van der Waals surface area (Å²) >= 11 is 0. The van der Waals surface area contributed by atoms with Crippen molar-refractivity contribution in [1.82, 2.24) is 19.6 Å². The summed E-state index contributed by atoms with van der Waals surface area (Å²) in [5.41, 5.74) is -0.113. The molecule has 2 aromatic heterocycles. The zero-order valence-electron chi connectivity index (χ0n) is 11.4. The van der Waals surface area contributed by atoms with Crippen molar-refractivity contribution >= 4 is 17.4 Å². The normalized spacial score (nSPS) is 19.0. The van der Waals surface area contributed by atoms with Crippen molar-refractivity contribution in [3.8, 4) is 0 Å². The summed E-state index contributed by atoms with van der Waals surface area (Å²) in [6.45, 7) is 0.593. The third-order valence-electron chi connectivity index (χ3n) is 3.50. The van der Waals surface area contributed by atoms with Gasteiger partial charge < -0.3 is 0 Å².